The maximum Gasteiger partial charge on any atom is 0.259 e. The second kappa shape index (κ2) is 7.69. The van der Waals surface area contributed by atoms with Crippen LogP contribution in [0, 0.1) is 5.82 Å². The smallest absolute Gasteiger partial charge is 0.259 e. The molecule has 0 saturated carbocycles. The minimum atomic E-state index is -4.23. The highest BCUT2D eigenvalue weighted by Gasteiger charge is 2.46. The van der Waals surface area contributed by atoms with E-state index in [-0.39, 0.29) is 25.9 Å². The summed E-state index contributed by atoms with van der Waals surface area (Å²) >= 11 is 0. The van der Waals surface area contributed by atoms with Crippen LogP contribution in [0.3, 0.4) is 0 Å². The number of hydrogen-bond acceptors (Lipinski definition) is 4. The van der Waals surface area contributed by atoms with Gasteiger partial charge in [0, 0.05) is 25.5 Å². The average molecular weight is 395 g/mol. The molecule has 1 aromatic heterocycles. The van der Waals surface area contributed by atoms with E-state index >= 15 is 4.39 Å². The number of benzene rings is 1. The first-order chi connectivity index (χ1) is 12.8. The lowest BCUT2D eigenvalue weighted by molar-refractivity contribution is -0.135. The van der Waals surface area contributed by atoms with Crippen molar-refractivity contribution in [2.75, 3.05) is 13.1 Å². The zero-order chi connectivity index (χ0) is 19.5. The quantitative estimate of drug-likeness (QED) is 0.840. The number of nitrogens with zero attached hydrogens (tertiary/aromatic N) is 2. The lowest BCUT2D eigenvalue weighted by atomic mass is 9.95. The number of pyridine rings is 1. The van der Waals surface area contributed by atoms with Crippen LogP contribution in [-0.2, 0) is 21.4 Å². The third kappa shape index (κ3) is 4.14. The fourth-order valence-corrected chi connectivity index (χ4v) is 4.59. The summed E-state index contributed by atoms with van der Waals surface area (Å²) < 4.78 is 55.3. The molecule has 0 aliphatic carbocycles. The van der Waals surface area contributed by atoms with Crippen molar-refractivity contribution >= 4 is 15.9 Å². The molecular formula is C18H19F2N3O3S. The van der Waals surface area contributed by atoms with E-state index in [4.69, 9.17) is 0 Å². The molecule has 9 heteroatoms. The van der Waals surface area contributed by atoms with Crippen LogP contribution in [0.1, 0.15) is 18.4 Å². The first-order valence-electron chi connectivity index (χ1n) is 8.44. The Morgan fingerprint density at radius 2 is 1.93 bits per heavy atom. The summed E-state index contributed by atoms with van der Waals surface area (Å²) in [5.41, 5.74) is -1.63. The molecule has 3 rings (SSSR count). The summed E-state index contributed by atoms with van der Waals surface area (Å²) in [6, 6.07) is 8.28. The summed E-state index contributed by atoms with van der Waals surface area (Å²) in [5.74, 6) is -1.79. The number of carbonyl (C=O) groups excluding carboxylic acids is 1. The SMILES string of the molecule is O=C(NCc1ccncc1)C1(F)CCCN(S(=O)(=O)c2ccccc2F)C1. The molecule has 1 unspecified atom stereocenters. The van der Waals surface area contributed by atoms with Gasteiger partial charge in [-0.1, -0.05) is 12.1 Å². The summed E-state index contributed by atoms with van der Waals surface area (Å²) in [5, 5.41) is 2.50. The number of nitrogens with one attached hydrogen (secondary N) is 1. The normalized spacial score (nSPS) is 21.0. The Morgan fingerprint density at radius 3 is 2.63 bits per heavy atom. The maximum absolute atomic E-state index is 15.2. The number of rotatable bonds is 5. The highest BCUT2D eigenvalue weighted by atomic mass is 32.2. The van der Waals surface area contributed by atoms with E-state index < -0.39 is 38.9 Å². The Kier molecular flexibility index (Phi) is 5.52. The van der Waals surface area contributed by atoms with Gasteiger partial charge in [-0.2, -0.15) is 4.31 Å². The van der Waals surface area contributed by atoms with Gasteiger partial charge in [-0.15, -0.1) is 0 Å². The number of hydrogen-bond donors (Lipinski definition) is 1. The lowest BCUT2D eigenvalue weighted by Gasteiger charge is -2.35. The molecule has 1 aliphatic rings. The number of halogens is 2. The molecule has 0 spiro atoms. The second-order valence-electron chi connectivity index (χ2n) is 6.38. The first kappa shape index (κ1) is 19.4. The summed E-state index contributed by atoms with van der Waals surface area (Å²) in [7, 11) is -4.23. The highest BCUT2D eigenvalue weighted by Crippen LogP contribution is 2.30. The van der Waals surface area contributed by atoms with Gasteiger partial charge in [0.05, 0.1) is 6.54 Å². The van der Waals surface area contributed by atoms with Crippen molar-refractivity contribution in [1.82, 2.24) is 14.6 Å². The fourth-order valence-electron chi connectivity index (χ4n) is 3.00. The van der Waals surface area contributed by atoms with E-state index in [9.17, 15) is 17.6 Å². The van der Waals surface area contributed by atoms with Gasteiger partial charge in [0.2, 0.25) is 15.7 Å². The van der Waals surface area contributed by atoms with Crippen molar-refractivity contribution in [2.45, 2.75) is 30.0 Å². The van der Waals surface area contributed by atoms with E-state index in [2.05, 4.69) is 10.3 Å². The van der Waals surface area contributed by atoms with Crippen molar-refractivity contribution in [3.8, 4) is 0 Å². The molecular weight excluding hydrogens is 376 g/mol. The number of carbonyl (C=O) groups is 1. The van der Waals surface area contributed by atoms with Crippen molar-refractivity contribution < 1.29 is 22.0 Å². The van der Waals surface area contributed by atoms with E-state index in [1.54, 1.807) is 24.5 Å². The third-order valence-corrected chi connectivity index (χ3v) is 6.35. The van der Waals surface area contributed by atoms with Crippen LogP contribution in [0.25, 0.3) is 0 Å². The van der Waals surface area contributed by atoms with Crippen LogP contribution in [0.2, 0.25) is 0 Å². The molecule has 1 aromatic carbocycles. The molecule has 1 aliphatic heterocycles. The monoisotopic (exact) mass is 395 g/mol. The van der Waals surface area contributed by atoms with E-state index in [0.29, 0.717) is 0 Å². The summed E-state index contributed by atoms with van der Waals surface area (Å²) in [4.78, 5) is 15.7. The predicted molar refractivity (Wildman–Crippen MR) is 94.3 cm³/mol. The Labute approximate surface area is 156 Å². The lowest BCUT2D eigenvalue weighted by Crippen LogP contribution is -2.55. The molecule has 0 bridgehead atoms. The second-order valence-corrected chi connectivity index (χ2v) is 8.28. The van der Waals surface area contributed by atoms with Gasteiger partial charge in [-0.05, 0) is 42.7 Å². The average Bonchev–Trinajstić information content (AvgIpc) is 2.67. The third-order valence-electron chi connectivity index (χ3n) is 4.47. The van der Waals surface area contributed by atoms with Crippen molar-refractivity contribution in [2.24, 2.45) is 0 Å². The predicted octanol–water partition coefficient (Wildman–Crippen LogP) is 2.03. The van der Waals surface area contributed by atoms with Crippen LogP contribution in [0.4, 0.5) is 8.78 Å². The van der Waals surface area contributed by atoms with Gasteiger partial charge < -0.3 is 5.32 Å². The molecule has 1 fully saturated rings. The van der Waals surface area contributed by atoms with Gasteiger partial charge in [-0.3, -0.25) is 9.78 Å². The van der Waals surface area contributed by atoms with Gasteiger partial charge in [0.15, 0.2) is 0 Å². The molecule has 2 aromatic rings. The molecule has 1 amide bonds. The Bertz CT molecular complexity index is 924. The minimum Gasteiger partial charge on any atom is -0.349 e. The van der Waals surface area contributed by atoms with Gasteiger partial charge in [0.25, 0.3) is 5.91 Å². The molecule has 6 nitrogen and oxygen atoms in total. The maximum atomic E-state index is 15.2. The largest absolute Gasteiger partial charge is 0.349 e. The Hall–Kier alpha value is -2.39. The van der Waals surface area contributed by atoms with Crippen molar-refractivity contribution in [3.63, 3.8) is 0 Å². The van der Waals surface area contributed by atoms with Crippen LogP contribution < -0.4 is 5.32 Å². The fraction of sp³-hybridized carbons (Fsp3) is 0.333. The zero-order valence-corrected chi connectivity index (χ0v) is 15.3. The number of aromatic nitrogens is 1. The van der Waals surface area contributed by atoms with Gasteiger partial charge >= 0.3 is 0 Å². The molecule has 144 valence electrons. The van der Waals surface area contributed by atoms with Crippen LogP contribution in [-0.4, -0.2) is 42.4 Å². The first-order valence-corrected chi connectivity index (χ1v) is 9.88. The number of sulfonamides is 1. The molecule has 27 heavy (non-hydrogen) atoms. The van der Waals surface area contributed by atoms with Crippen LogP contribution in [0.5, 0.6) is 0 Å². The van der Waals surface area contributed by atoms with E-state index in [0.717, 1.165) is 22.0 Å². The number of piperidine rings is 1. The minimum absolute atomic E-state index is 0.0278. The van der Waals surface area contributed by atoms with E-state index in [1.807, 2.05) is 0 Å². The van der Waals surface area contributed by atoms with Crippen molar-refractivity contribution in [3.05, 3.63) is 60.2 Å². The van der Waals surface area contributed by atoms with Gasteiger partial charge in [-0.25, -0.2) is 17.2 Å². The molecule has 1 N–H and O–H groups in total. The Balaban J connectivity index is 1.74. The molecule has 0 radical (unpaired) electrons. The highest BCUT2D eigenvalue weighted by molar-refractivity contribution is 7.89. The number of amides is 1. The topological polar surface area (TPSA) is 79.4 Å². The molecule has 2 heterocycles. The summed E-state index contributed by atoms with van der Waals surface area (Å²) in [6.45, 7) is -0.515. The van der Waals surface area contributed by atoms with E-state index in [1.165, 1.54) is 12.1 Å². The van der Waals surface area contributed by atoms with Crippen LogP contribution >= 0.6 is 0 Å². The van der Waals surface area contributed by atoms with Gasteiger partial charge in [0.1, 0.15) is 10.7 Å². The molecule has 1 saturated heterocycles. The van der Waals surface area contributed by atoms with Crippen molar-refractivity contribution in [1.29, 1.82) is 0 Å². The Morgan fingerprint density at radius 1 is 1.22 bits per heavy atom. The zero-order valence-electron chi connectivity index (χ0n) is 14.4. The van der Waals surface area contributed by atoms with Crippen LogP contribution in [0.15, 0.2) is 53.7 Å². The summed E-state index contributed by atoms with van der Waals surface area (Å²) in [6.07, 6.45) is 3.16. The standard InChI is InChI=1S/C18H19F2N3O3S/c19-15-4-1-2-5-16(15)27(25,26)23-11-3-8-18(20,13-23)17(24)22-12-14-6-9-21-10-7-14/h1-2,4-7,9-10H,3,8,11-13H2,(H,22,24). The molecule has 1 atom stereocenters. The number of alkyl halides is 1.